The van der Waals surface area contributed by atoms with Crippen molar-refractivity contribution >= 4 is 23.2 Å². The van der Waals surface area contributed by atoms with Crippen LogP contribution < -0.4 is 5.32 Å². The molecule has 0 spiro atoms. The van der Waals surface area contributed by atoms with Crippen molar-refractivity contribution in [3.63, 3.8) is 0 Å². The van der Waals surface area contributed by atoms with Crippen LogP contribution in [0.25, 0.3) is 5.69 Å². The quantitative estimate of drug-likeness (QED) is 0.801. The van der Waals surface area contributed by atoms with Crippen molar-refractivity contribution in [1.82, 2.24) is 19.7 Å². The fourth-order valence-electron chi connectivity index (χ4n) is 1.88. The van der Waals surface area contributed by atoms with Crippen LogP contribution in [0.5, 0.6) is 0 Å². The Morgan fingerprint density at radius 2 is 1.95 bits per heavy atom. The van der Waals surface area contributed by atoms with Gasteiger partial charge in [0.1, 0.15) is 0 Å². The minimum absolute atomic E-state index is 0.543. The van der Waals surface area contributed by atoms with E-state index >= 15 is 0 Å². The van der Waals surface area contributed by atoms with E-state index < -0.39 is 0 Å². The van der Waals surface area contributed by atoms with Gasteiger partial charge in [-0.15, -0.1) is 0 Å². The van der Waals surface area contributed by atoms with Gasteiger partial charge in [-0.1, -0.05) is 17.7 Å². The van der Waals surface area contributed by atoms with E-state index in [0.29, 0.717) is 11.0 Å². The van der Waals surface area contributed by atoms with E-state index in [1.54, 1.807) is 24.7 Å². The molecule has 0 unspecified atom stereocenters. The Morgan fingerprint density at radius 3 is 2.70 bits per heavy atom. The molecule has 0 saturated heterocycles. The van der Waals surface area contributed by atoms with Crippen molar-refractivity contribution in [1.29, 1.82) is 0 Å². The van der Waals surface area contributed by atoms with E-state index in [1.807, 2.05) is 35.9 Å². The molecule has 5 nitrogen and oxygen atoms in total. The number of nitrogens with zero attached hydrogens (tertiary/aromatic N) is 4. The molecule has 0 fully saturated rings. The summed E-state index contributed by atoms with van der Waals surface area (Å²) in [5.41, 5.74) is 2.73. The Balaban J connectivity index is 1.93. The first-order valence-electron chi connectivity index (χ1n) is 6.08. The van der Waals surface area contributed by atoms with Crippen LogP contribution in [0.1, 0.15) is 5.69 Å². The predicted molar refractivity (Wildman–Crippen MR) is 78.6 cm³/mol. The van der Waals surface area contributed by atoms with E-state index in [-0.39, 0.29) is 0 Å². The molecule has 3 aromatic rings. The maximum absolute atomic E-state index is 6.01. The molecule has 20 heavy (non-hydrogen) atoms. The molecule has 0 aliphatic rings. The van der Waals surface area contributed by atoms with Gasteiger partial charge < -0.3 is 5.32 Å². The number of aromatic nitrogens is 4. The molecule has 0 atom stereocenters. The van der Waals surface area contributed by atoms with Crippen LogP contribution in [0.3, 0.4) is 0 Å². The number of hydrogen-bond donors (Lipinski definition) is 1. The molecule has 1 N–H and O–H groups in total. The van der Waals surface area contributed by atoms with Gasteiger partial charge >= 0.3 is 0 Å². The summed E-state index contributed by atoms with van der Waals surface area (Å²) in [6.45, 7) is 1.97. The smallest absolute Gasteiger partial charge is 0.227 e. The normalized spacial score (nSPS) is 10.5. The van der Waals surface area contributed by atoms with Crippen molar-refractivity contribution in [3.05, 3.63) is 59.6 Å². The molecule has 1 aromatic carbocycles. The maximum Gasteiger partial charge on any atom is 0.227 e. The molecule has 0 radical (unpaired) electrons. The monoisotopic (exact) mass is 285 g/mol. The van der Waals surface area contributed by atoms with Crippen LogP contribution in [-0.2, 0) is 0 Å². The molecule has 3 rings (SSSR count). The first kappa shape index (κ1) is 12.6. The Hall–Kier alpha value is -2.40. The fraction of sp³-hybridized carbons (Fsp3) is 0.0714. The van der Waals surface area contributed by atoms with Gasteiger partial charge in [0, 0.05) is 17.4 Å². The molecule has 2 aromatic heterocycles. The zero-order chi connectivity index (χ0) is 13.9. The van der Waals surface area contributed by atoms with Gasteiger partial charge in [0.2, 0.25) is 5.95 Å². The highest BCUT2D eigenvalue weighted by Gasteiger charge is 2.09. The lowest BCUT2D eigenvalue weighted by atomic mass is 10.3. The van der Waals surface area contributed by atoms with Crippen molar-refractivity contribution in [3.8, 4) is 5.69 Å². The molecule has 0 aliphatic heterocycles. The third-order valence-corrected chi connectivity index (χ3v) is 3.11. The molecular weight excluding hydrogens is 274 g/mol. The number of anilines is 2. The molecular formula is C14H12ClN5. The van der Waals surface area contributed by atoms with E-state index in [1.165, 1.54) is 0 Å². The first-order valence-corrected chi connectivity index (χ1v) is 6.46. The van der Waals surface area contributed by atoms with Gasteiger partial charge in [-0.3, -0.25) is 0 Å². The molecule has 2 heterocycles. The Morgan fingerprint density at radius 1 is 1.15 bits per heavy atom. The summed E-state index contributed by atoms with van der Waals surface area (Å²) in [4.78, 5) is 8.26. The van der Waals surface area contributed by atoms with Gasteiger partial charge in [-0.2, -0.15) is 5.10 Å². The lowest BCUT2D eigenvalue weighted by Gasteiger charge is -2.06. The van der Waals surface area contributed by atoms with Gasteiger partial charge in [-0.25, -0.2) is 14.6 Å². The van der Waals surface area contributed by atoms with Gasteiger partial charge in [-0.05, 0) is 31.2 Å². The molecule has 0 amide bonds. The molecule has 100 valence electrons. The lowest BCUT2D eigenvalue weighted by molar-refractivity contribution is 0.847. The van der Waals surface area contributed by atoms with E-state index in [2.05, 4.69) is 20.4 Å². The average Bonchev–Trinajstić information content (AvgIpc) is 2.81. The number of halogens is 1. The highest BCUT2D eigenvalue weighted by atomic mass is 35.5. The summed E-state index contributed by atoms with van der Waals surface area (Å²) < 4.78 is 1.82. The third kappa shape index (κ3) is 2.48. The van der Waals surface area contributed by atoms with Crippen LogP contribution in [0, 0.1) is 6.92 Å². The second kappa shape index (κ2) is 5.30. The molecule has 6 heteroatoms. The topological polar surface area (TPSA) is 55.6 Å². The number of benzene rings is 1. The zero-order valence-corrected chi connectivity index (χ0v) is 11.5. The highest BCUT2D eigenvalue weighted by Crippen LogP contribution is 2.22. The molecule has 0 saturated carbocycles. The largest absolute Gasteiger partial charge is 0.321 e. The highest BCUT2D eigenvalue weighted by molar-refractivity contribution is 6.30. The summed E-state index contributed by atoms with van der Waals surface area (Å²) in [7, 11) is 0. The van der Waals surface area contributed by atoms with Crippen LogP contribution in [0.2, 0.25) is 5.02 Å². The number of nitrogens with one attached hydrogen (secondary N) is 1. The summed E-state index contributed by atoms with van der Waals surface area (Å²) >= 11 is 6.01. The Bertz CT molecular complexity index is 723. The fourth-order valence-corrected chi connectivity index (χ4v) is 2.07. The first-order chi connectivity index (χ1) is 9.74. The Kier molecular flexibility index (Phi) is 3.35. The second-order valence-electron chi connectivity index (χ2n) is 4.23. The summed E-state index contributed by atoms with van der Waals surface area (Å²) in [6, 6.07) is 9.32. The van der Waals surface area contributed by atoms with Gasteiger partial charge in [0.05, 0.1) is 23.3 Å². The Labute approximate surface area is 121 Å². The van der Waals surface area contributed by atoms with E-state index in [0.717, 1.165) is 17.1 Å². The van der Waals surface area contributed by atoms with Gasteiger partial charge in [0.25, 0.3) is 0 Å². The summed E-state index contributed by atoms with van der Waals surface area (Å²) in [6.07, 6.45) is 5.12. The number of rotatable bonds is 3. The predicted octanol–water partition coefficient (Wildman–Crippen LogP) is 3.37. The van der Waals surface area contributed by atoms with Crippen LogP contribution in [0.4, 0.5) is 11.6 Å². The van der Waals surface area contributed by atoms with Crippen molar-refractivity contribution in [2.24, 2.45) is 0 Å². The second-order valence-corrected chi connectivity index (χ2v) is 4.67. The van der Waals surface area contributed by atoms with E-state index in [9.17, 15) is 0 Å². The van der Waals surface area contributed by atoms with Crippen molar-refractivity contribution < 1.29 is 0 Å². The minimum Gasteiger partial charge on any atom is -0.321 e. The summed E-state index contributed by atoms with van der Waals surface area (Å²) in [5.74, 6) is 0.543. The average molecular weight is 286 g/mol. The zero-order valence-electron chi connectivity index (χ0n) is 10.8. The lowest BCUT2D eigenvalue weighted by Crippen LogP contribution is -2.00. The summed E-state index contributed by atoms with van der Waals surface area (Å²) in [5, 5.41) is 8.18. The molecule has 0 aliphatic carbocycles. The van der Waals surface area contributed by atoms with Crippen molar-refractivity contribution in [2.45, 2.75) is 6.92 Å². The number of hydrogen-bond acceptors (Lipinski definition) is 4. The van der Waals surface area contributed by atoms with Crippen molar-refractivity contribution in [2.75, 3.05) is 5.32 Å². The van der Waals surface area contributed by atoms with E-state index in [4.69, 9.17) is 11.6 Å². The molecule has 0 bridgehead atoms. The SMILES string of the molecule is Cc1c(Nc2ncccn2)cnn1-c1cccc(Cl)c1. The standard InChI is InChI=1S/C14H12ClN5/c1-10-13(19-14-16-6-3-7-17-14)9-18-20(10)12-5-2-4-11(15)8-12/h2-9H,1H3,(H,16,17,19). The van der Waals surface area contributed by atoms with Crippen LogP contribution >= 0.6 is 11.6 Å². The maximum atomic E-state index is 6.01. The van der Waals surface area contributed by atoms with Gasteiger partial charge in [0.15, 0.2) is 0 Å². The van der Waals surface area contributed by atoms with Crippen LogP contribution in [0.15, 0.2) is 48.9 Å². The minimum atomic E-state index is 0.543. The third-order valence-electron chi connectivity index (χ3n) is 2.87. The van der Waals surface area contributed by atoms with Crippen LogP contribution in [-0.4, -0.2) is 19.7 Å².